The van der Waals surface area contributed by atoms with E-state index in [0.29, 0.717) is 17.6 Å². The predicted octanol–water partition coefficient (Wildman–Crippen LogP) is 13.4. The average molecular weight is 721 g/mol. The van der Waals surface area contributed by atoms with Crippen LogP contribution in [-0.4, -0.2) is 19.5 Å². The van der Waals surface area contributed by atoms with Crippen LogP contribution in [0.2, 0.25) is 0 Å². The molecule has 0 saturated carbocycles. The first-order valence-corrected chi connectivity index (χ1v) is 19.2. The first-order valence-electron chi connectivity index (χ1n) is 18.4. The van der Waals surface area contributed by atoms with Crippen LogP contribution >= 0.6 is 11.3 Å². The van der Waals surface area contributed by atoms with Gasteiger partial charge in [0.15, 0.2) is 17.2 Å². The Balaban J connectivity index is 1.21. The molecule has 0 radical (unpaired) electrons. The minimum absolute atomic E-state index is 0.536. The number of fused-ring (bicyclic) bond motifs is 13. The zero-order chi connectivity index (χ0) is 36.0. The number of rotatable bonds is 4. The third kappa shape index (κ3) is 4.49. The van der Waals surface area contributed by atoms with Gasteiger partial charge in [0.25, 0.3) is 0 Å². The summed E-state index contributed by atoms with van der Waals surface area (Å²) < 4.78 is 11.5. The van der Waals surface area contributed by atoms with Crippen LogP contribution in [0.25, 0.3) is 115 Å². The van der Waals surface area contributed by atoms with Crippen LogP contribution in [0.15, 0.2) is 174 Å². The Morgan fingerprint density at radius 1 is 0.436 bits per heavy atom. The van der Waals surface area contributed by atoms with Gasteiger partial charge in [-0.05, 0) is 52.2 Å². The van der Waals surface area contributed by atoms with Gasteiger partial charge in [-0.15, -0.1) is 11.3 Å². The molecule has 0 fully saturated rings. The summed E-state index contributed by atoms with van der Waals surface area (Å²) in [4.78, 5) is 16.0. The van der Waals surface area contributed by atoms with E-state index in [9.17, 15) is 0 Å². The second-order valence-electron chi connectivity index (χ2n) is 13.9. The highest BCUT2D eigenvalue weighted by Gasteiger charge is 2.25. The Morgan fingerprint density at radius 2 is 1.11 bits per heavy atom. The van der Waals surface area contributed by atoms with Crippen LogP contribution in [-0.2, 0) is 0 Å². The number of aromatic nitrogens is 4. The van der Waals surface area contributed by atoms with Crippen LogP contribution in [0.3, 0.4) is 0 Å². The molecule has 256 valence electrons. The molecule has 6 heteroatoms. The molecular weight excluding hydrogens is 693 g/mol. The molecule has 0 atom stereocenters. The SMILES string of the molecule is c1ccc(-c2ccc3sc4cccc(-c5nc(-c6ccccc6)nc(-n6c7ccccc7c7c8ccccc8c8c9ccccc9oc8c76)n5)c4c3c2)cc1. The Bertz CT molecular complexity index is 3490. The van der Waals surface area contributed by atoms with Crippen molar-refractivity contribution in [2.45, 2.75) is 0 Å². The van der Waals surface area contributed by atoms with E-state index in [-0.39, 0.29) is 0 Å². The molecule has 12 aromatic rings. The molecule has 0 saturated heterocycles. The lowest BCUT2D eigenvalue weighted by Gasteiger charge is -2.12. The van der Waals surface area contributed by atoms with E-state index < -0.39 is 0 Å². The fourth-order valence-corrected chi connectivity index (χ4v) is 9.57. The third-order valence-electron chi connectivity index (χ3n) is 10.8. The number of furan rings is 1. The lowest BCUT2D eigenvalue weighted by atomic mass is 9.99. The summed E-state index contributed by atoms with van der Waals surface area (Å²) in [5.74, 6) is 1.76. The number of thiophene rings is 1. The molecule has 0 bridgehead atoms. The van der Waals surface area contributed by atoms with Crippen molar-refractivity contribution in [3.05, 3.63) is 170 Å². The van der Waals surface area contributed by atoms with E-state index >= 15 is 0 Å². The van der Waals surface area contributed by atoms with Gasteiger partial charge in [0, 0.05) is 52.8 Å². The molecule has 8 aromatic carbocycles. The molecular formula is C49H28N4OS. The number of benzene rings is 8. The van der Waals surface area contributed by atoms with Gasteiger partial charge in [-0.3, -0.25) is 4.57 Å². The van der Waals surface area contributed by atoms with E-state index in [4.69, 9.17) is 19.4 Å². The summed E-state index contributed by atoms with van der Waals surface area (Å²) in [6.45, 7) is 0. The summed E-state index contributed by atoms with van der Waals surface area (Å²) in [5.41, 5.74) is 7.85. The molecule has 0 aliphatic heterocycles. The lowest BCUT2D eigenvalue weighted by molar-refractivity contribution is 0.671. The van der Waals surface area contributed by atoms with Gasteiger partial charge >= 0.3 is 0 Å². The van der Waals surface area contributed by atoms with Crippen LogP contribution in [0.1, 0.15) is 0 Å². The smallest absolute Gasteiger partial charge is 0.238 e. The Labute approximate surface area is 318 Å². The van der Waals surface area contributed by atoms with Gasteiger partial charge in [-0.1, -0.05) is 140 Å². The molecule has 0 N–H and O–H groups in total. The van der Waals surface area contributed by atoms with Crippen molar-refractivity contribution in [3.8, 4) is 39.9 Å². The molecule has 0 spiro atoms. The maximum Gasteiger partial charge on any atom is 0.238 e. The minimum Gasteiger partial charge on any atom is -0.454 e. The normalized spacial score (nSPS) is 12.0. The lowest BCUT2D eigenvalue weighted by Crippen LogP contribution is -2.06. The molecule has 5 nitrogen and oxygen atoms in total. The number of hydrogen-bond acceptors (Lipinski definition) is 5. The Kier molecular flexibility index (Phi) is 6.44. The topological polar surface area (TPSA) is 56.7 Å². The summed E-state index contributed by atoms with van der Waals surface area (Å²) >= 11 is 1.80. The standard InChI is InChI=1S/C49H28N4OS/c1-3-14-29(15-4-1)31-26-27-40-37(28-31)42-36(22-13-25-41(42)55-40)48-50-47(30-16-5-2-6-17-30)51-49(52-48)53-38-23-11-9-20-34(38)43-32-18-7-8-19-33(32)44-35-21-10-12-24-39(35)54-46(44)45(43)53/h1-28H. The zero-order valence-corrected chi connectivity index (χ0v) is 30.1. The summed E-state index contributed by atoms with van der Waals surface area (Å²) in [6.07, 6.45) is 0. The van der Waals surface area contributed by atoms with Gasteiger partial charge in [0.05, 0.1) is 5.52 Å². The van der Waals surface area contributed by atoms with Crippen molar-refractivity contribution in [1.29, 1.82) is 0 Å². The number of nitrogens with zero attached hydrogens (tertiary/aromatic N) is 4. The van der Waals surface area contributed by atoms with E-state index in [1.54, 1.807) is 11.3 Å². The second-order valence-corrected chi connectivity index (χ2v) is 15.0. The first-order chi connectivity index (χ1) is 27.3. The second kappa shape index (κ2) is 11.7. The van der Waals surface area contributed by atoms with Crippen molar-refractivity contribution in [3.63, 3.8) is 0 Å². The minimum atomic E-state index is 0.536. The fourth-order valence-electron chi connectivity index (χ4n) is 8.46. The van der Waals surface area contributed by atoms with Crippen LogP contribution in [0.5, 0.6) is 0 Å². The quantitative estimate of drug-likeness (QED) is 0.182. The van der Waals surface area contributed by atoms with Crippen molar-refractivity contribution in [2.24, 2.45) is 0 Å². The highest BCUT2D eigenvalue weighted by molar-refractivity contribution is 7.26. The van der Waals surface area contributed by atoms with Crippen LogP contribution in [0, 0.1) is 0 Å². The molecule has 12 rings (SSSR count). The van der Waals surface area contributed by atoms with Gasteiger partial charge in [0.1, 0.15) is 11.1 Å². The third-order valence-corrected chi connectivity index (χ3v) is 12.0. The van der Waals surface area contributed by atoms with Crippen molar-refractivity contribution in [1.82, 2.24) is 19.5 Å². The Morgan fingerprint density at radius 3 is 1.93 bits per heavy atom. The van der Waals surface area contributed by atoms with E-state index in [0.717, 1.165) is 71.0 Å². The van der Waals surface area contributed by atoms with E-state index in [2.05, 4.69) is 144 Å². The monoisotopic (exact) mass is 720 g/mol. The van der Waals surface area contributed by atoms with Gasteiger partial charge < -0.3 is 4.42 Å². The summed E-state index contributed by atoms with van der Waals surface area (Å²) in [5, 5.41) is 9.04. The molecule has 4 heterocycles. The predicted molar refractivity (Wildman–Crippen MR) is 228 cm³/mol. The number of hydrogen-bond donors (Lipinski definition) is 0. The molecule has 55 heavy (non-hydrogen) atoms. The molecule has 0 aliphatic carbocycles. The summed E-state index contributed by atoms with van der Waals surface area (Å²) in [6, 6.07) is 59.5. The molecule has 4 aromatic heterocycles. The highest BCUT2D eigenvalue weighted by atomic mass is 32.1. The zero-order valence-electron chi connectivity index (χ0n) is 29.3. The van der Waals surface area contributed by atoms with E-state index in [1.807, 2.05) is 30.3 Å². The first kappa shape index (κ1) is 30.3. The van der Waals surface area contributed by atoms with Crippen molar-refractivity contribution in [2.75, 3.05) is 0 Å². The van der Waals surface area contributed by atoms with Gasteiger partial charge in [0.2, 0.25) is 5.95 Å². The van der Waals surface area contributed by atoms with Crippen LogP contribution < -0.4 is 0 Å². The fraction of sp³-hybridized carbons (Fsp3) is 0. The van der Waals surface area contributed by atoms with Gasteiger partial charge in [-0.25, -0.2) is 4.98 Å². The van der Waals surface area contributed by atoms with Crippen LogP contribution in [0.4, 0.5) is 0 Å². The Hall–Kier alpha value is -7.15. The molecule has 0 amide bonds. The molecule has 0 unspecified atom stereocenters. The average Bonchev–Trinajstić information content (AvgIpc) is 3.94. The maximum absolute atomic E-state index is 6.85. The molecule has 0 aliphatic rings. The summed E-state index contributed by atoms with van der Waals surface area (Å²) in [7, 11) is 0. The van der Waals surface area contributed by atoms with Crippen molar-refractivity contribution < 1.29 is 4.42 Å². The highest BCUT2D eigenvalue weighted by Crippen LogP contribution is 2.46. The largest absolute Gasteiger partial charge is 0.454 e. The van der Waals surface area contributed by atoms with E-state index in [1.165, 1.54) is 25.9 Å². The van der Waals surface area contributed by atoms with Gasteiger partial charge in [-0.2, -0.15) is 9.97 Å². The van der Waals surface area contributed by atoms with Crippen molar-refractivity contribution >= 4 is 86.0 Å². The number of para-hydroxylation sites is 2. The maximum atomic E-state index is 6.85.